The molecule has 0 N–H and O–H groups in total. The van der Waals surface area contributed by atoms with E-state index < -0.39 is 0 Å². The molecule has 0 unspecified atom stereocenters. The van der Waals surface area contributed by atoms with Crippen LogP contribution in [0.1, 0.15) is 46.9 Å². The second kappa shape index (κ2) is 11.7. The first kappa shape index (κ1) is 23.1. The van der Waals surface area contributed by atoms with Gasteiger partial charge in [-0.3, -0.25) is 9.59 Å². The number of benzene rings is 2. The van der Waals surface area contributed by atoms with Crippen molar-refractivity contribution in [2.45, 2.75) is 33.2 Å². The van der Waals surface area contributed by atoms with Crippen molar-refractivity contribution in [1.82, 2.24) is 4.57 Å². The van der Waals surface area contributed by atoms with E-state index in [0.29, 0.717) is 43.9 Å². The van der Waals surface area contributed by atoms with Crippen LogP contribution in [0.4, 0.5) is 0 Å². The van der Waals surface area contributed by atoms with Gasteiger partial charge in [-0.05, 0) is 50.1 Å². The Morgan fingerprint density at radius 2 is 1.84 bits per heavy atom. The standard InChI is InChI=1S/C27H29NO4/c1-3-31-26(29)12-7-19-32-24-10-4-8-22(20-24)9-5-17-28-18-6-11-25(28)27(30)23-15-13-21(2)14-16-23/h4-6,8-11,13-16,18,20H,3,7,12,17,19H2,1-2H3/b9-5+. The lowest BCUT2D eigenvalue weighted by Gasteiger charge is -2.08. The molecule has 0 fully saturated rings. The number of allylic oxidation sites excluding steroid dienone is 1. The van der Waals surface area contributed by atoms with Gasteiger partial charge in [0.25, 0.3) is 0 Å². The minimum atomic E-state index is -0.196. The van der Waals surface area contributed by atoms with E-state index in [0.717, 1.165) is 16.9 Å². The van der Waals surface area contributed by atoms with Crippen LogP contribution < -0.4 is 4.74 Å². The summed E-state index contributed by atoms with van der Waals surface area (Å²) in [5.41, 5.74) is 3.49. The van der Waals surface area contributed by atoms with Crippen molar-refractivity contribution in [1.29, 1.82) is 0 Å². The number of hydrogen-bond acceptors (Lipinski definition) is 4. The first-order valence-corrected chi connectivity index (χ1v) is 10.9. The highest BCUT2D eigenvalue weighted by atomic mass is 16.5. The summed E-state index contributed by atoms with van der Waals surface area (Å²) in [6.45, 7) is 5.25. The van der Waals surface area contributed by atoms with Gasteiger partial charge in [-0.15, -0.1) is 0 Å². The predicted octanol–water partition coefficient (Wildman–Crippen LogP) is 5.46. The van der Waals surface area contributed by atoms with E-state index in [4.69, 9.17) is 9.47 Å². The summed E-state index contributed by atoms with van der Waals surface area (Å²) in [5, 5.41) is 0. The van der Waals surface area contributed by atoms with E-state index in [1.54, 1.807) is 6.92 Å². The van der Waals surface area contributed by atoms with Crippen LogP contribution in [0.3, 0.4) is 0 Å². The van der Waals surface area contributed by atoms with Crippen LogP contribution >= 0.6 is 0 Å². The first-order valence-electron chi connectivity index (χ1n) is 10.9. The highest BCUT2D eigenvalue weighted by Crippen LogP contribution is 2.16. The molecule has 0 aliphatic carbocycles. The second-order valence-electron chi connectivity index (χ2n) is 7.47. The largest absolute Gasteiger partial charge is 0.494 e. The predicted molar refractivity (Wildman–Crippen MR) is 126 cm³/mol. The van der Waals surface area contributed by atoms with Gasteiger partial charge in [0.15, 0.2) is 0 Å². The van der Waals surface area contributed by atoms with Crippen molar-refractivity contribution in [3.05, 3.63) is 95.3 Å². The van der Waals surface area contributed by atoms with Crippen molar-refractivity contribution in [3.63, 3.8) is 0 Å². The molecule has 166 valence electrons. The maximum Gasteiger partial charge on any atom is 0.305 e. The molecule has 3 rings (SSSR count). The molecular weight excluding hydrogens is 402 g/mol. The van der Waals surface area contributed by atoms with Gasteiger partial charge in [0.2, 0.25) is 5.78 Å². The minimum Gasteiger partial charge on any atom is -0.494 e. The quantitative estimate of drug-likeness (QED) is 0.230. The normalized spacial score (nSPS) is 10.9. The number of hydrogen-bond donors (Lipinski definition) is 0. The molecular formula is C27H29NO4. The van der Waals surface area contributed by atoms with Crippen molar-refractivity contribution < 1.29 is 19.1 Å². The van der Waals surface area contributed by atoms with E-state index in [-0.39, 0.29) is 11.8 Å². The lowest BCUT2D eigenvalue weighted by atomic mass is 10.1. The Morgan fingerprint density at radius 3 is 2.62 bits per heavy atom. The number of aromatic nitrogens is 1. The lowest BCUT2D eigenvalue weighted by Crippen LogP contribution is -2.09. The molecule has 5 heteroatoms. The molecule has 0 radical (unpaired) electrons. The van der Waals surface area contributed by atoms with Crippen molar-refractivity contribution in [2.24, 2.45) is 0 Å². The summed E-state index contributed by atoms with van der Waals surface area (Å²) in [6.07, 6.45) is 6.91. The maximum absolute atomic E-state index is 12.8. The Labute approximate surface area is 189 Å². The summed E-state index contributed by atoms with van der Waals surface area (Å²) >= 11 is 0. The molecule has 0 saturated heterocycles. The Bertz CT molecular complexity index is 1060. The summed E-state index contributed by atoms with van der Waals surface area (Å²) in [4.78, 5) is 24.2. The number of esters is 1. The molecule has 0 bridgehead atoms. The number of ether oxygens (including phenoxy) is 2. The molecule has 0 atom stereocenters. The average molecular weight is 432 g/mol. The number of rotatable bonds is 11. The molecule has 0 amide bonds. The van der Waals surface area contributed by atoms with E-state index in [2.05, 4.69) is 0 Å². The van der Waals surface area contributed by atoms with Crippen LogP contribution in [0.5, 0.6) is 5.75 Å². The van der Waals surface area contributed by atoms with Crippen molar-refractivity contribution in [3.8, 4) is 5.75 Å². The fourth-order valence-electron chi connectivity index (χ4n) is 3.28. The van der Waals surface area contributed by atoms with Gasteiger partial charge in [0.1, 0.15) is 5.75 Å². The molecule has 32 heavy (non-hydrogen) atoms. The Morgan fingerprint density at radius 1 is 1.03 bits per heavy atom. The van der Waals surface area contributed by atoms with Crippen molar-refractivity contribution >= 4 is 17.8 Å². The molecule has 5 nitrogen and oxygen atoms in total. The highest BCUT2D eigenvalue weighted by molar-refractivity contribution is 6.08. The number of ketones is 1. The molecule has 0 saturated carbocycles. The van der Waals surface area contributed by atoms with Crippen LogP contribution in [-0.2, 0) is 16.1 Å². The SMILES string of the molecule is CCOC(=O)CCCOc1cccc(/C=C/Cn2cccc2C(=O)c2ccc(C)cc2)c1. The monoisotopic (exact) mass is 431 g/mol. The first-order chi connectivity index (χ1) is 15.6. The molecule has 2 aromatic carbocycles. The van der Waals surface area contributed by atoms with Gasteiger partial charge in [-0.2, -0.15) is 0 Å². The van der Waals surface area contributed by atoms with Crippen molar-refractivity contribution in [2.75, 3.05) is 13.2 Å². The fraction of sp³-hybridized carbons (Fsp3) is 0.259. The lowest BCUT2D eigenvalue weighted by molar-refractivity contribution is -0.143. The van der Waals surface area contributed by atoms with Gasteiger partial charge < -0.3 is 14.0 Å². The third-order valence-corrected chi connectivity index (χ3v) is 4.95. The van der Waals surface area contributed by atoms with Crippen LogP contribution in [0.25, 0.3) is 6.08 Å². The van der Waals surface area contributed by atoms with Crippen LogP contribution in [0, 0.1) is 6.92 Å². The van der Waals surface area contributed by atoms with Gasteiger partial charge in [-0.1, -0.05) is 54.1 Å². The fourth-order valence-corrected chi connectivity index (χ4v) is 3.28. The average Bonchev–Trinajstić information content (AvgIpc) is 3.26. The van der Waals surface area contributed by atoms with E-state index in [1.807, 2.05) is 90.5 Å². The van der Waals surface area contributed by atoms with Crippen LogP contribution in [0.2, 0.25) is 0 Å². The third kappa shape index (κ3) is 6.71. The molecule has 0 aliphatic rings. The number of carbonyl (C=O) groups excluding carboxylic acids is 2. The summed E-state index contributed by atoms with van der Waals surface area (Å²) in [5.74, 6) is 0.576. The van der Waals surface area contributed by atoms with Gasteiger partial charge >= 0.3 is 5.97 Å². The minimum absolute atomic E-state index is 0.0154. The third-order valence-electron chi connectivity index (χ3n) is 4.95. The molecule has 1 heterocycles. The Kier molecular flexibility index (Phi) is 8.44. The zero-order valence-electron chi connectivity index (χ0n) is 18.6. The number of aryl methyl sites for hydroxylation is 1. The van der Waals surface area contributed by atoms with Crippen LogP contribution in [0.15, 0.2) is 72.9 Å². The van der Waals surface area contributed by atoms with E-state index >= 15 is 0 Å². The maximum atomic E-state index is 12.8. The molecule has 3 aromatic rings. The highest BCUT2D eigenvalue weighted by Gasteiger charge is 2.12. The Balaban J connectivity index is 1.55. The zero-order valence-corrected chi connectivity index (χ0v) is 18.6. The van der Waals surface area contributed by atoms with Gasteiger partial charge in [-0.25, -0.2) is 0 Å². The van der Waals surface area contributed by atoms with E-state index in [9.17, 15) is 9.59 Å². The van der Waals surface area contributed by atoms with Gasteiger partial charge in [0.05, 0.1) is 18.9 Å². The summed E-state index contributed by atoms with van der Waals surface area (Å²) < 4.78 is 12.6. The summed E-state index contributed by atoms with van der Waals surface area (Å²) in [6, 6.07) is 19.1. The molecule has 0 aliphatic heterocycles. The second-order valence-corrected chi connectivity index (χ2v) is 7.47. The Hall–Kier alpha value is -3.60. The number of nitrogens with zero attached hydrogens (tertiary/aromatic N) is 1. The summed E-state index contributed by atoms with van der Waals surface area (Å²) in [7, 11) is 0. The smallest absolute Gasteiger partial charge is 0.305 e. The number of carbonyl (C=O) groups is 2. The van der Waals surface area contributed by atoms with Gasteiger partial charge in [0, 0.05) is 24.7 Å². The topological polar surface area (TPSA) is 57.5 Å². The molecule has 0 spiro atoms. The van der Waals surface area contributed by atoms with E-state index in [1.165, 1.54) is 0 Å². The molecule has 1 aromatic heterocycles. The van der Waals surface area contributed by atoms with Crippen LogP contribution in [-0.4, -0.2) is 29.5 Å². The zero-order chi connectivity index (χ0) is 22.8.